The number of hydrogen-bond acceptors (Lipinski definition) is 3. The highest BCUT2D eigenvalue weighted by Gasteiger charge is 1.99. The first-order chi connectivity index (χ1) is 8.99. The fourth-order valence-corrected chi connectivity index (χ4v) is 1.49. The number of hydrogen-bond donors (Lipinski definition) is 0. The molecule has 0 N–H and O–H groups in total. The van der Waals surface area contributed by atoms with E-state index in [2.05, 4.69) is 13.8 Å². The van der Waals surface area contributed by atoms with Gasteiger partial charge in [0.2, 0.25) is 0 Å². The van der Waals surface area contributed by atoms with Crippen LogP contribution in [0.5, 0.6) is 0 Å². The molecule has 104 valence electrons. The molecule has 1 aromatic rings. The minimum atomic E-state index is -0.280. The van der Waals surface area contributed by atoms with Gasteiger partial charge in [-0.05, 0) is 36.1 Å². The number of esters is 1. The molecule has 0 radical (unpaired) electrons. The average molecular weight is 261 g/mol. The Hall–Kier alpha value is -1.77. The zero-order valence-electron chi connectivity index (χ0n) is 12.2. The van der Waals surface area contributed by atoms with Crippen LogP contribution in [-0.4, -0.2) is 26.7 Å². The number of ether oxygens (including phenoxy) is 1. The van der Waals surface area contributed by atoms with Crippen molar-refractivity contribution in [3.05, 3.63) is 35.9 Å². The molecule has 0 aliphatic heterocycles. The second-order valence-corrected chi connectivity index (χ2v) is 5.17. The van der Waals surface area contributed by atoms with Gasteiger partial charge in [0.1, 0.15) is 0 Å². The van der Waals surface area contributed by atoms with Crippen molar-refractivity contribution in [3.63, 3.8) is 0 Å². The van der Waals surface area contributed by atoms with Crippen molar-refractivity contribution >= 4 is 17.7 Å². The molecule has 1 rings (SSSR count). The van der Waals surface area contributed by atoms with Crippen molar-refractivity contribution < 1.29 is 9.53 Å². The summed E-state index contributed by atoms with van der Waals surface area (Å²) in [5.41, 5.74) is 2.13. The zero-order valence-corrected chi connectivity index (χ0v) is 12.2. The molecular weight excluding hydrogens is 238 g/mol. The normalized spacial score (nSPS) is 11.0. The van der Waals surface area contributed by atoms with Gasteiger partial charge in [-0.15, -0.1) is 0 Å². The van der Waals surface area contributed by atoms with Crippen LogP contribution in [0.3, 0.4) is 0 Å². The fourth-order valence-electron chi connectivity index (χ4n) is 1.49. The van der Waals surface area contributed by atoms with Gasteiger partial charge in [-0.25, -0.2) is 4.79 Å². The lowest BCUT2D eigenvalue weighted by Gasteiger charge is -2.11. The molecule has 0 aliphatic rings. The SMILES string of the molecule is CC(C)CCOC(=O)/C=C/c1ccc(N(C)C)cc1. The van der Waals surface area contributed by atoms with E-state index in [9.17, 15) is 4.79 Å². The van der Waals surface area contributed by atoms with Crippen LogP contribution in [0.25, 0.3) is 6.08 Å². The number of carbonyl (C=O) groups excluding carboxylic acids is 1. The topological polar surface area (TPSA) is 29.5 Å². The van der Waals surface area contributed by atoms with Crippen LogP contribution in [0.2, 0.25) is 0 Å². The third kappa shape index (κ3) is 6.09. The summed E-state index contributed by atoms with van der Waals surface area (Å²) in [6.45, 7) is 4.70. The molecule has 0 heterocycles. The van der Waals surface area contributed by atoms with E-state index in [0.29, 0.717) is 12.5 Å². The predicted octanol–water partition coefficient (Wildman–Crippen LogP) is 3.36. The summed E-state index contributed by atoms with van der Waals surface area (Å²) >= 11 is 0. The van der Waals surface area contributed by atoms with Gasteiger partial charge in [0.25, 0.3) is 0 Å². The van der Waals surface area contributed by atoms with Gasteiger partial charge in [0.05, 0.1) is 6.61 Å². The highest BCUT2D eigenvalue weighted by Crippen LogP contribution is 2.13. The predicted molar refractivity (Wildman–Crippen MR) is 80.2 cm³/mol. The van der Waals surface area contributed by atoms with E-state index >= 15 is 0 Å². The van der Waals surface area contributed by atoms with E-state index < -0.39 is 0 Å². The van der Waals surface area contributed by atoms with Crippen molar-refractivity contribution in [3.8, 4) is 0 Å². The Bertz CT molecular complexity index is 419. The van der Waals surface area contributed by atoms with Gasteiger partial charge in [0, 0.05) is 25.9 Å². The van der Waals surface area contributed by atoms with Crippen LogP contribution in [0.15, 0.2) is 30.3 Å². The largest absolute Gasteiger partial charge is 0.463 e. The molecule has 0 atom stereocenters. The molecule has 19 heavy (non-hydrogen) atoms. The molecule has 1 aromatic carbocycles. The molecule has 0 amide bonds. The average Bonchev–Trinajstić information content (AvgIpc) is 2.36. The van der Waals surface area contributed by atoms with Crippen molar-refractivity contribution in [2.45, 2.75) is 20.3 Å². The Balaban J connectivity index is 2.45. The monoisotopic (exact) mass is 261 g/mol. The number of benzene rings is 1. The molecule has 0 spiro atoms. The minimum absolute atomic E-state index is 0.280. The van der Waals surface area contributed by atoms with Gasteiger partial charge in [-0.3, -0.25) is 0 Å². The Morgan fingerprint density at radius 3 is 2.42 bits per heavy atom. The standard InChI is InChI=1S/C16H23NO2/c1-13(2)11-12-19-16(18)10-7-14-5-8-15(9-6-14)17(3)4/h5-10,13H,11-12H2,1-4H3/b10-7+. The molecule has 3 nitrogen and oxygen atoms in total. The molecule has 0 saturated carbocycles. The Morgan fingerprint density at radius 1 is 1.26 bits per heavy atom. The first-order valence-corrected chi connectivity index (χ1v) is 6.61. The zero-order chi connectivity index (χ0) is 14.3. The summed E-state index contributed by atoms with van der Waals surface area (Å²) in [6.07, 6.45) is 4.15. The van der Waals surface area contributed by atoms with E-state index in [1.165, 1.54) is 6.08 Å². The quantitative estimate of drug-likeness (QED) is 0.581. The van der Waals surface area contributed by atoms with E-state index in [1.54, 1.807) is 6.08 Å². The first kappa shape index (κ1) is 15.3. The van der Waals surface area contributed by atoms with Crippen molar-refractivity contribution in [1.29, 1.82) is 0 Å². The van der Waals surface area contributed by atoms with Crippen LogP contribution in [0.4, 0.5) is 5.69 Å². The summed E-state index contributed by atoms with van der Waals surface area (Å²) in [7, 11) is 3.99. The molecule has 0 unspecified atom stereocenters. The third-order valence-corrected chi connectivity index (χ3v) is 2.76. The van der Waals surface area contributed by atoms with E-state index in [-0.39, 0.29) is 5.97 Å². The van der Waals surface area contributed by atoms with E-state index in [0.717, 1.165) is 17.7 Å². The van der Waals surface area contributed by atoms with Crippen molar-refractivity contribution in [2.75, 3.05) is 25.6 Å². The highest BCUT2D eigenvalue weighted by atomic mass is 16.5. The molecular formula is C16H23NO2. The van der Waals surface area contributed by atoms with Crippen LogP contribution in [0.1, 0.15) is 25.8 Å². The van der Waals surface area contributed by atoms with Gasteiger partial charge in [-0.2, -0.15) is 0 Å². The van der Waals surface area contributed by atoms with E-state index in [1.807, 2.05) is 43.3 Å². The minimum Gasteiger partial charge on any atom is -0.463 e. The fraction of sp³-hybridized carbons (Fsp3) is 0.438. The maximum Gasteiger partial charge on any atom is 0.330 e. The second-order valence-electron chi connectivity index (χ2n) is 5.17. The van der Waals surface area contributed by atoms with Crippen LogP contribution < -0.4 is 4.90 Å². The molecule has 0 aromatic heterocycles. The van der Waals surface area contributed by atoms with Gasteiger partial charge >= 0.3 is 5.97 Å². The van der Waals surface area contributed by atoms with Gasteiger partial charge < -0.3 is 9.64 Å². The number of rotatable bonds is 6. The lowest BCUT2D eigenvalue weighted by Crippen LogP contribution is -2.07. The summed E-state index contributed by atoms with van der Waals surface area (Å²) < 4.78 is 5.10. The summed E-state index contributed by atoms with van der Waals surface area (Å²) in [4.78, 5) is 13.5. The number of carbonyl (C=O) groups is 1. The van der Waals surface area contributed by atoms with Gasteiger partial charge in [0.15, 0.2) is 0 Å². The van der Waals surface area contributed by atoms with Crippen LogP contribution >= 0.6 is 0 Å². The second kappa shape index (κ2) is 7.62. The number of anilines is 1. The Morgan fingerprint density at radius 2 is 1.89 bits per heavy atom. The highest BCUT2D eigenvalue weighted by molar-refractivity contribution is 5.87. The lowest BCUT2D eigenvalue weighted by molar-refractivity contribution is -0.137. The Labute approximate surface area is 115 Å². The molecule has 3 heteroatoms. The molecule has 0 fully saturated rings. The summed E-state index contributed by atoms with van der Waals surface area (Å²) in [6, 6.07) is 7.99. The summed E-state index contributed by atoms with van der Waals surface area (Å²) in [5.74, 6) is 0.271. The molecule has 0 aliphatic carbocycles. The smallest absolute Gasteiger partial charge is 0.330 e. The van der Waals surface area contributed by atoms with Gasteiger partial charge in [-0.1, -0.05) is 26.0 Å². The first-order valence-electron chi connectivity index (χ1n) is 6.61. The molecule has 0 saturated heterocycles. The maximum atomic E-state index is 11.5. The van der Waals surface area contributed by atoms with Crippen molar-refractivity contribution in [1.82, 2.24) is 0 Å². The Kier molecular flexibility index (Phi) is 6.13. The summed E-state index contributed by atoms with van der Waals surface area (Å²) in [5, 5.41) is 0. The van der Waals surface area contributed by atoms with Crippen LogP contribution in [0, 0.1) is 5.92 Å². The third-order valence-electron chi connectivity index (χ3n) is 2.76. The van der Waals surface area contributed by atoms with E-state index in [4.69, 9.17) is 4.74 Å². The number of nitrogens with zero attached hydrogens (tertiary/aromatic N) is 1. The lowest BCUT2D eigenvalue weighted by atomic mass is 10.1. The molecule has 0 bridgehead atoms. The van der Waals surface area contributed by atoms with Crippen molar-refractivity contribution in [2.24, 2.45) is 5.92 Å². The maximum absolute atomic E-state index is 11.5. The van der Waals surface area contributed by atoms with Crippen LogP contribution in [-0.2, 0) is 9.53 Å².